The van der Waals surface area contributed by atoms with E-state index < -0.39 is 15.6 Å². The van der Waals surface area contributed by atoms with Crippen molar-refractivity contribution in [2.45, 2.75) is 16.9 Å². The van der Waals surface area contributed by atoms with E-state index in [4.69, 9.17) is 4.74 Å². The van der Waals surface area contributed by atoms with Gasteiger partial charge in [0.25, 0.3) is 0 Å². The van der Waals surface area contributed by atoms with E-state index in [1.54, 1.807) is 18.2 Å². The van der Waals surface area contributed by atoms with Gasteiger partial charge in [0.05, 0.1) is 17.6 Å². The highest BCUT2D eigenvalue weighted by Crippen LogP contribution is 2.28. The van der Waals surface area contributed by atoms with Gasteiger partial charge in [0.15, 0.2) is 0 Å². The second kappa shape index (κ2) is 5.92. The van der Waals surface area contributed by atoms with Gasteiger partial charge in [0.1, 0.15) is 5.75 Å². The predicted octanol–water partition coefficient (Wildman–Crippen LogP) is 0.382. The van der Waals surface area contributed by atoms with Gasteiger partial charge in [-0.25, -0.2) is 8.42 Å². The molecule has 0 radical (unpaired) electrons. The number of β-amino-alcohol motifs (C(OH)–C–C–N with tert-alkyl or cyclic N) is 1. The number of nitrogens with zero attached hydrogens (tertiary/aromatic N) is 2. The molecule has 1 aliphatic rings. The Kier molecular flexibility index (Phi) is 4.57. The van der Waals surface area contributed by atoms with E-state index >= 15 is 0 Å². The summed E-state index contributed by atoms with van der Waals surface area (Å²) in [7, 11) is 1.61. The molecular weight excluding hydrogens is 292 g/mol. The van der Waals surface area contributed by atoms with Crippen molar-refractivity contribution in [3.63, 3.8) is 0 Å². The average molecular weight is 314 g/mol. The molecule has 1 fully saturated rings. The van der Waals surface area contributed by atoms with Gasteiger partial charge >= 0.3 is 0 Å². The highest BCUT2D eigenvalue weighted by atomic mass is 32.2. The largest absolute Gasteiger partial charge is 0.497 e. The first-order chi connectivity index (χ1) is 9.77. The maximum absolute atomic E-state index is 12.6. The molecule has 118 valence electrons. The van der Waals surface area contributed by atoms with Crippen LogP contribution in [0.2, 0.25) is 0 Å². The molecular formula is C14H22N2O4S. The van der Waals surface area contributed by atoms with Crippen LogP contribution < -0.4 is 4.74 Å². The average Bonchev–Trinajstić information content (AvgIpc) is 2.80. The van der Waals surface area contributed by atoms with Crippen LogP contribution in [0.15, 0.2) is 29.2 Å². The summed E-state index contributed by atoms with van der Waals surface area (Å²) in [5.74, 6) is 0.499. The van der Waals surface area contributed by atoms with E-state index in [-0.39, 0.29) is 11.4 Å². The smallest absolute Gasteiger partial charge is 0.243 e. The first-order valence-corrected chi connectivity index (χ1v) is 8.22. The molecule has 2 rings (SSSR count). The van der Waals surface area contributed by atoms with Crippen LogP contribution >= 0.6 is 0 Å². The molecule has 7 heteroatoms. The van der Waals surface area contributed by atoms with E-state index in [1.807, 2.05) is 19.0 Å². The van der Waals surface area contributed by atoms with Gasteiger partial charge < -0.3 is 14.7 Å². The lowest BCUT2D eigenvalue weighted by Gasteiger charge is -2.26. The SMILES string of the molecule is COc1cccc(S(=O)(=O)N2CC[C@@](O)(CN(C)C)C2)c1. The van der Waals surface area contributed by atoms with Crippen LogP contribution in [0.1, 0.15) is 6.42 Å². The van der Waals surface area contributed by atoms with Crippen LogP contribution in [0.5, 0.6) is 5.75 Å². The zero-order chi connectivity index (χ0) is 15.7. The van der Waals surface area contributed by atoms with Crippen molar-refractivity contribution < 1.29 is 18.3 Å². The lowest BCUT2D eigenvalue weighted by molar-refractivity contribution is 0.0302. The van der Waals surface area contributed by atoms with Crippen LogP contribution in [0.3, 0.4) is 0 Å². The minimum absolute atomic E-state index is 0.116. The van der Waals surface area contributed by atoms with Crippen LogP contribution in [0.25, 0.3) is 0 Å². The van der Waals surface area contributed by atoms with E-state index in [1.165, 1.54) is 17.5 Å². The third-order valence-electron chi connectivity index (χ3n) is 3.59. The van der Waals surface area contributed by atoms with Crippen molar-refractivity contribution >= 4 is 10.0 Å². The molecule has 1 atom stereocenters. The van der Waals surface area contributed by atoms with E-state index in [0.717, 1.165) is 0 Å². The number of benzene rings is 1. The van der Waals surface area contributed by atoms with Crippen molar-refractivity contribution in [1.29, 1.82) is 0 Å². The second-order valence-electron chi connectivity index (χ2n) is 5.73. The van der Waals surface area contributed by atoms with Crippen LogP contribution in [0.4, 0.5) is 0 Å². The monoisotopic (exact) mass is 314 g/mol. The van der Waals surface area contributed by atoms with Crippen molar-refractivity contribution in [2.75, 3.05) is 40.8 Å². The summed E-state index contributed by atoms with van der Waals surface area (Å²) in [6.07, 6.45) is 0.439. The fourth-order valence-electron chi connectivity index (χ4n) is 2.65. The van der Waals surface area contributed by atoms with Crippen LogP contribution in [-0.2, 0) is 10.0 Å². The van der Waals surface area contributed by atoms with E-state index in [0.29, 0.717) is 25.3 Å². The number of aliphatic hydroxyl groups is 1. The Hall–Kier alpha value is -1.15. The Morgan fingerprint density at radius 2 is 2.14 bits per heavy atom. The number of methoxy groups -OCH3 is 1. The van der Waals surface area contributed by atoms with Gasteiger partial charge in [0.2, 0.25) is 10.0 Å². The summed E-state index contributed by atoms with van der Waals surface area (Å²) >= 11 is 0. The molecule has 0 bridgehead atoms. The molecule has 6 nitrogen and oxygen atoms in total. The van der Waals surface area contributed by atoms with Gasteiger partial charge in [-0.05, 0) is 32.6 Å². The van der Waals surface area contributed by atoms with Crippen molar-refractivity contribution in [3.05, 3.63) is 24.3 Å². The minimum Gasteiger partial charge on any atom is -0.497 e. The summed E-state index contributed by atoms with van der Waals surface area (Å²) in [5.41, 5.74) is -0.991. The van der Waals surface area contributed by atoms with Crippen LogP contribution in [0, 0.1) is 0 Å². The van der Waals surface area contributed by atoms with Gasteiger partial charge in [-0.2, -0.15) is 4.31 Å². The molecule has 1 aliphatic heterocycles. The Labute approximate surface area is 126 Å². The van der Waals surface area contributed by atoms with Crippen molar-refractivity contribution in [2.24, 2.45) is 0 Å². The van der Waals surface area contributed by atoms with Crippen LogP contribution in [-0.4, -0.2) is 69.2 Å². The second-order valence-corrected chi connectivity index (χ2v) is 7.67. The number of hydrogen-bond acceptors (Lipinski definition) is 5. The third kappa shape index (κ3) is 3.55. The molecule has 0 aromatic heterocycles. The maximum atomic E-state index is 12.6. The van der Waals surface area contributed by atoms with E-state index in [2.05, 4.69) is 0 Å². The molecule has 0 aliphatic carbocycles. The van der Waals surface area contributed by atoms with Gasteiger partial charge in [-0.15, -0.1) is 0 Å². The lowest BCUT2D eigenvalue weighted by Crippen LogP contribution is -2.43. The Bertz CT molecular complexity index is 603. The molecule has 1 N–H and O–H groups in total. The molecule has 1 saturated heterocycles. The summed E-state index contributed by atoms with van der Waals surface area (Å²) in [4.78, 5) is 2.05. The highest BCUT2D eigenvalue weighted by Gasteiger charge is 2.41. The number of hydrogen-bond donors (Lipinski definition) is 1. The zero-order valence-corrected chi connectivity index (χ0v) is 13.4. The van der Waals surface area contributed by atoms with Gasteiger partial charge in [-0.3, -0.25) is 0 Å². The number of ether oxygens (including phenoxy) is 1. The van der Waals surface area contributed by atoms with Crippen molar-refractivity contribution in [3.8, 4) is 5.75 Å². The Morgan fingerprint density at radius 1 is 1.43 bits per heavy atom. The Balaban J connectivity index is 2.21. The topological polar surface area (TPSA) is 70.1 Å². The lowest BCUT2D eigenvalue weighted by atomic mass is 10.0. The zero-order valence-electron chi connectivity index (χ0n) is 12.6. The fraction of sp³-hybridized carbons (Fsp3) is 0.571. The summed E-state index contributed by atoms with van der Waals surface area (Å²) < 4.78 is 31.6. The summed E-state index contributed by atoms with van der Waals surface area (Å²) in [6.45, 7) is 0.881. The van der Waals surface area contributed by atoms with Crippen molar-refractivity contribution in [1.82, 2.24) is 9.21 Å². The van der Waals surface area contributed by atoms with Gasteiger partial charge in [0, 0.05) is 25.7 Å². The third-order valence-corrected chi connectivity index (χ3v) is 5.43. The predicted molar refractivity (Wildman–Crippen MR) is 79.9 cm³/mol. The maximum Gasteiger partial charge on any atom is 0.243 e. The molecule has 1 heterocycles. The first kappa shape index (κ1) is 16.2. The normalized spacial score (nSPS) is 23.7. The summed E-state index contributed by atoms with van der Waals surface area (Å²) in [6, 6.07) is 6.39. The molecule has 0 spiro atoms. The Morgan fingerprint density at radius 3 is 2.76 bits per heavy atom. The molecule has 0 amide bonds. The standard InChI is InChI=1S/C14H22N2O4S/c1-15(2)10-14(17)7-8-16(11-14)21(18,19)13-6-4-5-12(9-13)20-3/h4-6,9,17H,7-8,10-11H2,1-3H3/t14-/m1/s1. The number of likely N-dealkylation sites (N-methyl/N-ethyl adjacent to an activating group) is 1. The summed E-state index contributed by atoms with van der Waals surface area (Å²) in [5, 5.41) is 10.5. The van der Waals surface area contributed by atoms with Gasteiger partial charge in [-0.1, -0.05) is 6.07 Å². The number of rotatable bonds is 5. The van der Waals surface area contributed by atoms with E-state index in [9.17, 15) is 13.5 Å². The highest BCUT2D eigenvalue weighted by molar-refractivity contribution is 7.89. The minimum atomic E-state index is -3.60. The number of sulfonamides is 1. The molecule has 0 unspecified atom stereocenters. The molecule has 21 heavy (non-hydrogen) atoms. The quantitative estimate of drug-likeness (QED) is 0.851. The first-order valence-electron chi connectivity index (χ1n) is 6.78. The molecule has 1 aromatic rings. The fourth-order valence-corrected chi connectivity index (χ4v) is 4.21. The molecule has 0 saturated carbocycles. The molecule has 1 aromatic carbocycles.